The van der Waals surface area contributed by atoms with Gasteiger partial charge in [0, 0.05) is 30.8 Å². The Morgan fingerprint density at radius 3 is 2.79 bits per heavy atom. The molecular weight excluding hydrogens is 310 g/mol. The molecule has 7 heteroatoms. The molecule has 2 N–H and O–H groups in total. The van der Waals surface area contributed by atoms with Crippen molar-refractivity contribution in [1.82, 2.24) is 9.88 Å². The Hall–Kier alpha value is -2.83. The molecule has 0 radical (unpaired) electrons. The van der Waals surface area contributed by atoms with Gasteiger partial charge in [-0.3, -0.25) is 4.79 Å². The Morgan fingerprint density at radius 2 is 2.17 bits per heavy atom. The Bertz CT molecular complexity index is 751. The highest BCUT2D eigenvalue weighted by Gasteiger charge is 2.37. The van der Waals surface area contributed by atoms with Gasteiger partial charge in [0.1, 0.15) is 11.6 Å². The van der Waals surface area contributed by atoms with Gasteiger partial charge in [-0.25, -0.2) is 9.78 Å². The minimum atomic E-state index is -1.07. The number of fused-ring (bicyclic) bond motifs is 1. The first-order chi connectivity index (χ1) is 11.5. The van der Waals surface area contributed by atoms with E-state index in [0.29, 0.717) is 35.7 Å². The van der Waals surface area contributed by atoms with E-state index in [2.05, 4.69) is 10.3 Å². The van der Waals surface area contributed by atoms with Gasteiger partial charge in [-0.2, -0.15) is 0 Å². The average molecular weight is 329 g/mol. The summed E-state index contributed by atoms with van der Waals surface area (Å²) in [4.78, 5) is 30.0. The first kappa shape index (κ1) is 16.0. The van der Waals surface area contributed by atoms with Crippen LogP contribution >= 0.6 is 0 Å². The second-order valence-corrected chi connectivity index (χ2v) is 6.02. The van der Waals surface area contributed by atoms with Crippen molar-refractivity contribution in [2.24, 2.45) is 0 Å². The minimum absolute atomic E-state index is 0.233. The quantitative estimate of drug-likeness (QED) is 0.894. The van der Waals surface area contributed by atoms with Gasteiger partial charge in [-0.05, 0) is 32.0 Å². The van der Waals surface area contributed by atoms with Gasteiger partial charge in [-0.1, -0.05) is 0 Å². The highest BCUT2D eigenvalue weighted by Crippen LogP contribution is 2.32. The molecule has 3 heterocycles. The number of hydrogen-bond donors (Lipinski definition) is 2. The fourth-order valence-corrected chi connectivity index (χ4v) is 2.87. The third-order valence-electron chi connectivity index (χ3n) is 3.91. The molecule has 1 amide bonds. The van der Waals surface area contributed by atoms with E-state index in [1.807, 2.05) is 13.8 Å². The van der Waals surface area contributed by atoms with Crippen LogP contribution < -0.4 is 5.32 Å². The van der Waals surface area contributed by atoms with E-state index in [0.717, 1.165) is 0 Å². The number of carbonyl (C=O) groups is 2. The van der Waals surface area contributed by atoms with Crippen LogP contribution in [0.1, 0.15) is 41.6 Å². The van der Waals surface area contributed by atoms with Crippen LogP contribution in [0, 0.1) is 0 Å². The lowest BCUT2D eigenvalue weighted by atomic mass is 9.98. The molecule has 24 heavy (non-hydrogen) atoms. The summed E-state index contributed by atoms with van der Waals surface area (Å²) in [6, 6.07) is 4.19. The summed E-state index contributed by atoms with van der Waals surface area (Å²) in [5, 5.41) is 12.7. The van der Waals surface area contributed by atoms with Gasteiger partial charge < -0.3 is 19.7 Å². The average Bonchev–Trinajstić information content (AvgIpc) is 3.01. The highest BCUT2D eigenvalue weighted by molar-refractivity contribution is 5.97. The molecule has 0 aromatic carbocycles. The highest BCUT2D eigenvalue weighted by atomic mass is 16.4. The molecule has 0 saturated heterocycles. The number of aliphatic carboxylic acids is 1. The first-order valence-electron chi connectivity index (χ1n) is 7.80. The predicted octanol–water partition coefficient (Wildman–Crippen LogP) is 2.32. The molecule has 0 fully saturated rings. The van der Waals surface area contributed by atoms with E-state index in [1.54, 1.807) is 18.2 Å². The molecule has 0 saturated carbocycles. The van der Waals surface area contributed by atoms with Crippen molar-refractivity contribution in [2.45, 2.75) is 32.4 Å². The topological polar surface area (TPSA) is 95.7 Å². The van der Waals surface area contributed by atoms with Crippen molar-refractivity contribution in [2.75, 3.05) is 11.9 Å². The number of carboxylic acids is 1. The maximum absolute atomic E-state index is 12.8. The largest absolute Gasteiger partial charge is 0.479 e. The van der Waals surface area contributed by atoms with Crippen molar-refractivity contribution in [3.05, 3.63) is 47.5 Å². The van der Waals surface area contributed by atoms with Gasteiger partial charge in [0.25, 0.3) is 5.91 Å². The Kier molecular flexibility index (Phi) is 4.24. The number of anilines is 1. The number of hydrogen-bond acceptors (Lipinski definition) is 5. The summed E-state index contributed by atoms with van der Waals surface area (Å²) in [5.74, 6) is -0.122. The zero-order valence-electron chi connectivity index (χ0n) is 13.5. The van der Waals surface area contributed by atoms with Crippen LogP contribution in [0.5, 0.6) is 0 Å². The molecule has 7 nitrogen and oxygen atoms in total. The van der Waals surface area contributed by atoms with Crippen LogP contribution in [0.3, 0.4) is 0 Å². The fraction of sp³-hybridized carbons (Fsp3) is 0.353. The number of carbonyl (C=O) groups excluding carboxylic acids is 1. The van der Waals surface area contributed by atoms with Crippen molar-refractivity contribution >= 4 is 17.7 Å². The fourth-order valence-electron chi connectivity index (χ4n) is 2.87. The molecule has 0 spiro atoms. The van der Waals surface area contributed by atoms with Gasteiger partial charge in [-0.15, -0.1) is 0 Å². The summed E-state index contributed by atoms with van der Waals surface area (Å²) < 4.78 is 5.30. The van der Waals surface area contributed by atoms with Crippen LogP contribution in [-0.4, -0.2) is 39.5 Å². The zero-order valence-corrected chi connectivity index (χ0v) is 13.5. The van der Waals surface area contributed by atoms with E-state index in [-0.39, 0.29) is 11.9 Å². The maximum atomic E-state index is 12.8. The van der Waals surface area contributed by atoms with Crippen LogP contribution in [0.25, 0.3) is 0 Å². The number of aromatic nitrogens is 1. The SMILES string of the molecule is CC(C)Nc1ccc(C(=O)N2CCc3occc3C2C(=O)O)cn1. The number of nitrogens with one attached hydrogen (secondary N) is 1. The molecule has 0 aliphatic carbocycles. The Morgan fingerprint density at radius 1 is 1.38 bits per heavy atom. The lowest BCUT2D eigenvalue weighted by Crippen LogP contribution is -2.43. The number of carboxylic acid groups (broad SMARTS) is 1. The van der Waals surface area contributed by atoms with Gasteiger partial charge >= 0.3 is 5.97 Å². The third kappa shape index (κ3) is 2.97. The standard InChI is InChI=1S/C17H19N3O4/c1-10(2)19-14-4-3-11(9-18-14)16(21)20-7-5-13-12(6-8-24-13)15(20)17(22)23/h3-4,6,8-10,15H,5,7H2,1-2H3,(H,18,19)(H,22,23). The van der Waals surface area contributed by atoms with Crippen LogP contribution in [0.15, 0.2) is 35.1 Å². The number of amides is 1. The normalized spacial score (nSPS) is 16.8. The molecule has 1 aliphatic rings. The van der Waals surface area contributed by atoms with Crippen LogP contribution in [0.4, 0.5) is 5.82 Å². The van der Waals surface area contributed by atoms with E-state index in [9.17, 15) is 14.7 Å². The van der Waals surface area contributed by atoms with Gasteiger partial charge in [0.2, 0.25) is 0 Å². The van der Waals surface area contributed by atoms with Gasteiger partial charge in [0.05, 0.1) is 11.8 Å². The number of rotatable bonds is 4. The summed E-state index contributed by atoms with van der Waals surface area (Å²) in [6.45, 7) is 4.28. The predicted molar refractivity (Wildman–Crippen MR) is 86.8 cm³/mol. The maximum Gasteiger partial charge on any atom is 0.331 e. The van der Waals surface area contributed by atoms with E-state index < -0.39 is 12.0 Å². The second kappa shape index (κ2) is 6.35. The minimum Gasteiger partial charge on any atom is -0.479 e. The molecule has 0 bridgehead atoms. The number of furan rings is 1. The summed E-state index contributed by atoms with van der Waals surface area (Å²) in [5.41, 5.74) is 0.899. The number of nitrogens with zero attached hydrogens (tertiary/aromatic N) is 2. The number of pyridine rings is 1. The lowest BCUT2D eigenvalue weighted by Gasteiger charge is -2.32. The Labute approximate surface area is 139 Å². The molecule has 126 valence electrons. The summed E-state index contributed by atoms with van der Waals surface area (Å²) >= 11 is 0. The van der Waals surface area contributed by atoms with Crippen molar-refractivity contribution in [3.63, 3.8) is 0 Å². The lowest BCUT2D eigenvalue weighted by molar-refractivity contribution is -0.143. The molecule has 1 atom stereocenters. The third-order valence-corrected chi connectivity index (χ3v) is 3.91. The second-order valence-electron chi connectivity index (χ2n) is 6.02. The van der Waals surface area contributed by atoms with Crippen molar-refractivity contribution < 1.29 is 19.1 Å². The van der Waals surface area contributed by atoms with E-state index >= 15 is 0 Å². The van der Waals surface area contributed by atoms with Crippen LogP contribution in [0.2, 0.25) is 0 Å². The van der Waals surface area contributed by atoms with Crippen molar-refractivity contribution in [3.8, 4) is 0 Å². The monoisotopic (exact) mass is 329 g/mol. The van der Waals surface area contributed by atoms with E-state index in [4.69, 9.17) is 4.42 Å². The summed E-state index contributed by atoms with van der Waals surface area (Å²) in [6.07, 6.45) is 3.43. The Balaban J connectivity index is 1.85. The zero-order chi connectivity index (χ0) is 17.3. The van der Waals surface area contributed by atoms with Crippen LogP contribution in [-0.2, 0) is 11.2 Å². The summed E-state index contributed by atoms with van der Waals surface area (Å²) in [7, 11) is 0. The van der Waals surface area contributed by atoms with Crippen molar-refractivity contribution in [1.29, 1.82) is 0 Å². The van der Waals surface area contributed by atoms with Gasteiger partial charge in [0.15, 0.2) is 6.04 Å². The first-order valence-corrected chi connectivity index (χ1v) is 7.80. The molecule has 1 aliphatic heterocycles. The van der Waals surface area contributed by atoms with E-state index in [1.165, 1.54) is 17.4 Å². The smallest absolute Gasteiger partial charge is 0.331 e. The molecule has 3 rings (SSSR count). The molecule has 2 aromatic rings. The molecular formula is C17H19N3O4. The molecule has 1 unspecified atom stereocenters. The molecule has 2 aromatic heterocycles.